The van der Waals surface area contributed by atoms with Crippen molar-refractivity contribution in [2.45, 2.75) is 0 Å². The number of hydrogen-bond acceptors (Lipinski definition) is 2. The largest absolute Gasteiger partial charge is 0.388 e. The van der Waals surface area contributed by atoms with Crippen molar-refractivity contribution in [3.63, 3.8) is 0 Å². The summed E-state index contributed by atoms with van der Waals surface area (Å²) in [5.74, 6) is 0. The summed E-state index contributed by atoms with van der Waals surface area (Å²) in [6.45, 7) is 0. The first kappa shape index (κ1) is 8.47. The molecule has 0 aliphatic carbocycles. The highest BCUT2D eigenvalue weighted by atomic mass is 35.5. The molecule has 2 heterocycles. The first-order valence-electron chi connectivity index (χ1n) is 3.62. The molecule has 66 valence electrons. The number of fused-ring (bicyclic) bond motifs is 1. The average molecular weight is 212 g/mol. The third kappa shape index (κ3) is 1.28. The lowest BCUT2D eigenvalue weighted by Gasteiger charge is -1.94. The summed E-state index contributed by atoms with van der Waals surface area (Å²) in [6.07, 6.45) is 1.81. The lowest BCUT2D eigenvalue weighted by Crippen LogP contribution is -2.10. The first-order chi connectivity index (χ1) is 6.20. The lowest BCUT2D eigenvalue weighted by atomic mass is 10.3. The molecule has 2 rings (SSSR count). The smallest absolute Gasteiger partial charge is 0.208 e. The standard InChI is InChI=1S/C8H6ClN3S/c9-8-11-6(7(10)13)5-3-1-2-4-12(5)8/h1-4H,(H2,10,13). The van der Waals surface area contributed by atoms with Gasteiger partial charge in [0, 0.05) is 6.20 Å². The third-order valence-electron chi connectivity index (χ3n) is 1.74. The minimum atomic E-state index is 0.260. The zero-order valence-electron chi connectivity index (χ0n) is 6.57. The van der Waals surface area contributed by atoms with Crippen molar-refractivity contribution in [3.8, 4) is 0 Å². The molecular weight excluding hydrogens is 206 g/mol. The summed E-state index contributed by atoms with van der Waals surface area (Å²) >= 11 is 10.7. The summed E-state index contributed by atoms with van der Waals surface area (Å²) in [4.78, 5) is 4.31. The molecule has 2 aromatic rings. The van der Waals surface area contributed by atoms with Crippen LogP contribution in [0.5, 0.6) is 0 Å². The Morgan fingerprint density at radius 3 is 3.00 bits per heavy atom. The molecule has 5 heteroatoms. The molecule has 0 bridgehead atoms. The number of halogens is 1. The van der Waals surface area contributed by atoms with Crippen LogP contribution in [0.3, 0.4) is 0 Å². The molecule has 0 saturated heterocycles. The van der Waals surface area contributed by atoms with E-state index in [2.05, 4.69) is 4.98 Å². The van der Waals surface area contributed by atoms with E-state index in [0.717, 1.165) is 5.52 Å². The van der Waals surface area contributed by atoms with E-state index in [4.69, 9.17) is 29.6 Å². The molecule has 0 aliphatic heterocycles. The molecule has 0 fully saturated rings. The lowest BCUT2D eigenvalue weighted by molar-refractivity contribution is 1.15. The number of imidazole rings is 1. The van der Waals surface area contributed by atoms with Crippen LogP contribution in [-0.2, 0) is 0 Å². The highest BCUT2D eigenvalue weighted by Gasteiger charge is 2.09. The summed E-state index contributed by atoms with van der Waals surface area (Å²) in [6, 6.07) is 5.62. The van der Waals surface area contributed by atoms with Crippen molar-refractivity contribution in [1.82, 2.24) is 9.38 Å². The number of hydrogen-bond donors (Lipinski definition) is 1. The van der Waals surface area contributed by atoms with E-state index >= 15 is 0 Å². The molecule has 0 atom stereocenters. The van der Waals surface area contributed by atoms with Crippen molar-refractivity contribution in [2.24, 2.45) is 5.73 Å². The van der Waals surface area contributed by atoms with Crippen molar-refractivity contribution in [1.29, 1.82) is 0 Å². The van der Waals surface area contributed by atoms with Gasteiger partial charge in [-0.25, -0.2) is 4.98 Å². The van der Waals surface area contributed by atoms with E-state index in [1.807, 2.05) is 24.4 Å². The predicted octanol–water partition coefficient (Wildman–Crippen LogP) is 1.62. The van der Waals surface area contributed by atoms with Gasteiger partial charge >= 0.3 is 0 Å². The fraction of sp³-hybridized carbons (Fsp3) is 0. The van der Waals surface area contributed by atoms with Gasteiger partial charge in [0.2, 0.25) is 5.28 Å². The van der Waals surface area contributed by atoms with Crippen LogP contribution < -0.4 is 5.73 Å². The van der Waals surface area contributed by atoms with E-state index in [0.29, 0.717) is 11.0 Å². The van der Waals surface area contributed by atoms with Crippen LogP contribution in [0.15, 0.2) is 24.4 Å². The summed E-state index contributed by atoms with van der Waals surface area (Å²) in [5, 5.41) is 0.374. The second-order valence-corrected chi connectivity index (χ2v) is 3.33. The molecular formula is C8H6ClN3S. The van der Waals surface area contributed by atoms with Gasteiger partial charge in [0.15, 0.2) is 0 Å². The number of thiocarbonyl (C=S) groups is 1. The van der Waals surface area contributed by atoms with Gasteiger partial charge in [0.25, 0.3) is 0 Å². The minimum Gasteiger partial charge on any atom is -0.388 e. The molecule has 0 amide bonds. The van der Waals surface area contributed by atoms with Crippen LogP contribution in [0.25, 0.3) is 5.52 Å². The van der Waals surface area contributed by atoms with Crippen LogP contribution in [0.2, 0.25) is 5.28 Å². The minimum absolute atomic E-state index is 0.260. The molecule has 0 radical (unpaired) electrons. The van der Waals surface area contributed by atoms with Gasteiger partial charge in [-0.1, -0.05) is 18.3 Å². The van der Waals surface area contributed by atoms with Gasteiger partial charge in [-0.3, -0.25) is 4.40 Å². The monoisotopic (exact) mass is 211 g/mol. The van der Waals surface area contributed by atoms with Gasteiger partial charge < -0.3 is 5.73 Å². The topological polar surface area (TPSA) is 43.3 Å². The van der Waals surface area contributed by atoms with Crippen LogP contribution in [0.4, 0.5) is 0 Å². The zero-order chi connectivity index (χ0) is 9.42. The Labute approximate surface area is 85.1 Å². The molecule has 0 unspecified atom stereocenters. The van der Waals surface area contributed by atoms with Crippen molar-refractivity contribution in [2.75, 3.05) is 0 Å². The summed E-state index contributed by atoms with van der Waals surface area (Å²) in [5.41, 5.74) is 6.89. The SMILES string of the molecule is NC(=S)c1nc(Cl)n2ccccc12. The van der Waals surface area contributed by atoms with E-state index < -0.39 is 0 Å². The fourth-order valence-electron chi connectivity index (χ4n) is 1.18. The Morgan fingerprint density at radius 2 is 2.31 bits per heavy atom. The second-order valence-electron chi connectivity index (χ2n) is 2.55. The van der Waals surface area contributed by atoms with Gasteiger partial charge in [-0.15, -0.1) is 0 Å². The number of pyridine rings is 1. The zero-order valence-corrected chi connectivity index (χ0v) is 8.14. The van der Waals surface area contributed by atoms with Crippen LogP contribution in [-0.4, -0.2) is 14.4 Å². The van der Waals surface area contributed by atoms with E-state index in [9.17, 15) is 0 Å². The number of aromatic nitrogens is 2. The van der Waals surface area contributed by atoms with E-state index in [-0.39, 0.29) is 4.99 Å². The van der Waals surface area contributed by atoms with Crippen LogP contribution in [0, 0.1) is 0 Å². The molecule has 0 spiro atoms. The van der Waals surface area contributed by atoms with Gasteiger partial charge in [0.1, 0.15) is 10.7 Å². The molecule has 3 nitrogen and oxygen atoms in total. The van der Waals surface area contributed by atoms with Crippen molar-refractivity contribution >= 4 is 34.3 Å². The average Bonchev–Trinajstić information content (AvgIpc) is 2.45. The van der Waals surface area contributed by atoms with E-state index in [1.165, 1.54) is 0 Å². The molecule has 0 aromatic carbocycles. The van der Waals surface area contributed by atoms with Crippen molar-refractivity contribution in [3.05, 3.63) is 35.4 Å². The number of nitrogens with two attached hydrogens (primary N) is 1. The third-order valence-corrected chi connectivity index (χ3v) is 2.20. The summed E-state index contributed by atoms with van der Waals surface area (Å²) < 4.78 is 1.73. The highest BCUT2D eigenvalue weighted by molar-refractivity contribution is 7.80. The molecule has 13 heavy (non-hydrogen) atoms. The van der Waals surface area contributed by atoms with Crippen molar-refractivity contribution < 1.29 is 0 Å². The Morgan fingerprint density at radius 1 is 1.54 bits per heavy atom. The Balaban J connectivity index is 2.85. The Kier molecular flexibility index (Phi) is 1.94. The summed E-state index contributed by atoms with van der Waals surface area (Å²) in [7, 11) is 0. The highest BCUT2D eigenvalue weighted by Crippen LogP contribution is 2.16. The molecule has 2 N–H and O–H groups in total. The number of rotatable bonds is 1. The second kappa shape index (κ2) is 2.97. The molecule has 0 saturated carbocycles. The fourth-order valence-corrected chi connectivity index (χ4v) is 1.56. The maximum atomic E-state index is 5.86. The quantitative estimate of drug-likeness (QED) is 0.730. The Hall–Kier alpha value is -1.13. The van der Waals surface area contributed by atoms with Gasteiger partial charge in [-0.05, 0) is 23.7 Å². The molecule has 0 aliphatic rings. The maximum Gasteiger partial charge on any atom is 0.208 e. The van der Waals surface area contributed by atoms with Crippen LogP contribution >= 0.6 is 23.8 Å². The maximum absolute atomic E-state index is 5.86. The van der Waals surface area contributed by atoms with Crippen LogP contribution in [0.1, 0.15) is 5.69 Å². The number of nitrogens with zero attached hydrogens (tertiary/aromatic N) is 2. The Bertz CT molecular complexity index is 477. The molecule has 2 aromatic heterocycles. The first-order valence-corrected chi connectivity index (χ1v) is 4.41. The van der Waals surface area contributed by atoms with Gasteiger partial charge in [0.05, 0.1) is 5.52 Å². The predicted molar refractivity (Wildman–Crippen MR) is 56.1 cm³/mol. The van der Waals surface area contributed by atoms with Gasteiger partial charge in [-0.2, -0.15) is 0 Å². The van der Waals surface area contributed by atoms with E-state index in [1.54, 1.807) is 4.40 Å². The normalized spacial score (nSPS) is 10.5.